The van der Waals surface area contributed by atoms with Gasteiger partial charge in [0, 0.05) is 33.5 Å². The fraction of sp³-hybridized carbons (Fsp3) is 0.333. The maximum absolute atomic E-state index is 7.23. The average Bonchev–Trinajstić information content (AvgIpc) is 3.76. The first-order valence-corrected chi connectivity index (χ1v) is 21.3. The van der Waals surface area contributed by atoms with Crippen molar-refractivity contribution in [2.45, 2.75) is 82.5 Å². The summed E-state index contributed by atoms with van der Waals surface area (Å²) < 4.78 is 7.23. The zero-order valence-corrected chi connectivity index (χ0v) is 33.2. The summed E-state index contributed by atoms with van der Waals surface area (Å²) in [6.07, 6.45) is 7.95. The lowest BCUT2D eigenvalue weighted by Crippen LogP contribution is -2.74. The Bertz CT molecular complexity index is 2550. The molecule has 2 bridgehead atoms. The zero-order chi connectivity index (χ0) is 37.6. The lowest BCUT2D eigenvalue weighted by Gasteiger charge is -2.77. The molecule has 1 aliphatic heterocycles. The summed E-state index contributed by atoms with van der Waals surface area (Å²) in [5.41, 5.74) is 15.0. The highest BCUT2D eigenvalue weighted by Gasteiger charge is 2.84. The van der Waals surface area contributed by atoms with Crippen LogP contribution >= 0.6 is 0 Å². The number of benzene rings is 6. The van der Waals surface area contributed by atoms with Crippen molar-refractivity contribution >= 4 is 17.1 Å². The standard InChI is InChI=1S/C54H51NO/c1-51(2)26-27-52(3,4)49-43(51)19-13-20-45(49)55(39-24-22-36(23-25-39)35-14-7-5-8-15-35)40-31-41(37-16-9-6-10-17-37)50-44(32-40)54(42-18-11-12-21-46(42)56-50)47-29-34-28-38-30-48(54)53(38,47)33-34/h5-25,31-32,34,38,47-48H,26-30,33H2,1-4H3. The molecule has 6 atom stereocenters. The number of ether oxygens (including phenoxy) is 1. The Labute approximate surface area is 332 Å². The highest BCUT2D eigenvalue weighted by Crippen LogP contribution is 2.89. The molecule has 0 saturated heterocycles. The zero-order valence-electron chi connectivity index (χ0n) is 33.2. The third-order valence-electron chi connectivity index (χ3n) is 16.2. The van der Waals surface area contributed by atoms with Crippen LogP contribution in [0.3, 0.4) is 0 Å². The second-order valence-corrected chi connectivity index (χ2v) is 19.6. The maximum atomic E-state index is 7.23. The highest BCUT2D eigenvalue weighted by atomic mass is 16.5. The summed E-state index contributed by atoms with van der Waals surface area (Å²) >= 11 is 0. The normalized spacial score (nSPS) is 28.9. The molecule has 0 N–H and O–H groups in total. The highest BCUT2D eigenvalue weighted by molar-refractivity contribution is 5.88. The van der Waals surface area contributed by atoms with Crippen molar-refractivity contribution in [2.24, 2.45) is 29.1 Å². The molecule has 278 valence electrons. The molecular weight excluding hydrogens is 679 g/mol. The molecule has 4 fully saturated rings. The summed E-state index contributed by atoms with van der Waals surface area (Å²) in [4.78, 5) is 2.62. The molecule has 5 aliphatic carbocycles. The molecule has 6 aromatic rings. The van der Waals surface area contributed by atoms with Crippen molar-refractivity contribution in [3.05, 3.63) is 162 Å². The van der Waals surface area contributed by atoms with E-state index >= 15 is 0 Å². The topological polar surface area (TPSA) is 12.5 Å². The number of rotatable bonds is 5. The van der Waals surface area contributed by atoms with Crippen molar-refractivity contribution < 1.29 is 4.74 Å². The fourth-order valence-corrected chi connectivity index (χ4v) is 13.9. The van der Waals surface area contributed by atoms with E-state index in [-0.39, 0.29) is 16.2 Å². The Balaban J connectivity index is 1.14. The first kappa shape index (κ1) is 33.1. The molecule has 0 radical (unpaired) electrons. The van der Waals surface area contributed by atoms with Gasteiger partial charge in [-0.2, -0.15) is 0 Å². The van der Waals surface area contributed by atoms with E-state index in [0.717, 1.165) is 29.8 Å². The van der Waals surface area contributed by atoms with Gasteiger partial charge in [0.15, 0.2) is 0 Å². The summed E-state index contributed by atoms with van der Waals surface area (Å²) in [5, 5.41) is 0. The minimum Gasteiger partial charge on any atom is -0.456 e. The Kier molecular flexibility index (Phi) is 6.67. The molecule has 12 rings (SSSR count). The average molecular weight is 730 g/mol. The Hall–Kier alpha value is -5.08. The van der Waals surface area contributed by atoms with Crippen molar-refractivity contribution in [3.63, 3.8) is 0 Å². The number of nitrogens with zero attached hydrogens (tertiary/aromatic N) is 1. The predicted molar refractivity (Wildman–Crippen MR) is 229 cm³/mol. The van der Waals surface area contributed by atoms with Gasteiger partial charge in [-0.15, -0.1) is 0 Å². The number of para-hydroxylation sites is 1. The van der Waals surface area contributed by atoms with Gasteiger partial charge in [0.2, 0.25) is 0 Å². The van der Waals surface area contributed by atoms with Crippen LogP contribution in [0.15, 0.2) is 140 Å². The lowest BCUT2D eigenvalue weighted by molar-refractivity contribution is -0.235. The lowest BCUT2D eigenvalue weighted by atomic mass is 9.26. The van der Waals surface area contributed by atoms with Gasteiger partial charge in [-0.25, -0.2) is 0 Å². The van der Waals surface area contributed by atoms with E-state index in [1.54, 1.807) is 0 Å². The third kappa shape index (κ3) is 4.18. The first-order chi connectivity index (χ1) is 27.2. The van der Waals surface area contributed by atoms with Gasteiger partial charge in [0.1, 0.15) is 11.5 Å². The van der Waals surface area contributed by atoms with Gasteiger partial charge in [0.25, 0.3) is 0 Å². The maximum Gasteiger partial charge on any atom is 0.139 e. The Morgan fingerprint density at radius 1 is 0.554 bits per heavy atom. The summed E-state index contributed by atoms with van der Waals surface area (Å²) in [7, 11) is 0. The van der Waals surface area contributed by atoms with E-state index in [2.05, 4.69) is 172 Å². The van der Waals surface area contributed by atoms with Crippen LogP contribution in [0, 0.1) is 29.1 Å². The molecular formula is C54H51NO. The number of hydrogen-bond donors (Lipinski definition) is 0. The molecule has 4 saturated carbocycles. The largest absolute Gasteiger partial charge is 0.456 e. The van der Waals surface area contributed by atoms with E-state index in [1.165, 1.54) is 93.7 Å². The second-order valence-electron chi connectivity index (χ2n) is 19.6. The molecule has 6 aromatic carbocycles. The van der Waals surface area contributed by atoms with Crippen LogP contribution in [0.1, 0.15) is 88.5 Å². The first-order valence-electron chi connectivity index (χ1n) is 21.3. The fourth-order valence-electron chi connectivity index (χ4n) is 13.9. The van der Waals surface area contributed by atoms with Crippen LogP contribution in [0.5, 0.6) is 11.5 Å². The van der Waals surface area contributed by atoms with E-state index in [0.29, 0.717) is 17.3 Å². The van der Waals surface area contributed by atoms with Gasteiger partial charge < -0.3 is 9.64 Å². The molecule has 6 unspecified atom stereocenters. The van der Waals surface area contributed by atoms with Gasteiger partial charge in [-0.3, -0.25) is 0 Å². The molecule has 2 nitrogen and oxygen atoms in total. The number of anilines is 3. The van der Waals surface area contributed by atoms with Gasteiger partial charge >= 0.3 is 0 Å². The van der Waals surface area contributed by atoms with E-state index in [4.69, 9.17) is 4.74 Å². The smallest absolute Gasteiger partial charge is 0.139 e. The second kappa shape index (κ2) is 11.3. The van der Waals surface area contributed by atoms with Crippen LogP contribution in [0.25, 0.3) is 22.3 Å². The molecule has 6 aliphatic rings. The summed E-state index contributed by atoms with van der Waals surface area (Å²) in [6, 6.07) is 52.5. The van der Waals surface area contributed by atoms with Crippen LogP contribution < -0.4 is 9.64 Å². The Morgan fingerprint density at radius 2 is 1.21 bits per heavy atom. The molecule has 56 heavy (non-hydrogen) atoms. The number of hydrogen-bond acceptors (Lipinski definition) is 2. The minimum atomic E-state index is -0.0321. The molecule has 0 amide bonds. The monoisotopic (exact) mass is 729 g/mol. The summed E-state index contributed by atoms with van der Waals surface area (Å²) in [5.74, 6) is 5.28. The van der Waals surface area contributed by atoms with Gasteiger partial charge in [-0.1, -0.05) is 131 Å². The van der Waals surface area contributed by atoms with Crippen LogP contribution in [-0.4, -0.2) is 0 Å². The molecule has 2 spiro atoms. The van der Waals surface area contributed by atoms with Crippen LogP contribution in [0.4, 0.5) is 17.1 Å². The molecule has 0 aromatic heterocycles. The minimum absolute atomic E-state index is 0.0216. The predicted octanol–water partition coefficient (Wildman–Crippen LogP) is 14.3. The SMILES string of the molecule is CC1(C)CCC(C)(C)c2c(N(c3ccc(-c4ccccc4)cc3)c3cc(-c4ccccc4)c4c(c3)C3(c5ccccc5O4)C4CC5CC6CC3C64C5)cccc21. The number of fused-ring (bicyclic) bond motifs is 8. The van der Waals surface area contributed by atoms with E-state index < -0.39 is 0 Å². The Morgan fingerprint density at radius 3 is 1.98 bits per heavy atom. The molecule has 2 heteroatoms. The van der Waals surface area contributed by atoms with Crippen molar-refractivity contribution in [2.75, 3.05) is 4.90 Å². The van der Waals surface area contributed by atoms with Gasteiger partial charge in [0.05, 0.1) is 5.69 Å². The van der Waals surface area contributed by atoms with Crippen LogP contribution in [-0.2, 0) is 16.2 Å². The van der Waals surface area contributed by atoms with Crippen molar-refractivity contribution in [1.29, 1.82) is 0 Å². The quantitative estimate of drug-likeness (QED) is 0.175. The van der Waals surface area contributed by atoms with E-state index in [1.807, 2.05) is 0 Å². The third-order valence-corrected chi connectivity index (χ3v) is 16.2. The van der Waals surface area contributed by atoms with E-state index in [9.17, 15) is 0 Å². The van der Waals surface area contributed by atoms with Gasteiger partial charge in [-0.05, 0) is 143 Å². The molecule has 1 heterocycles. The summed E-state index contributed by atoms with van der Waals surface area (Å²) in [6.45, 7) is 9.84. The van der Waals surface area contributed by atoms with Crippen LogP contribution in [0.2, 0.25) is 0 Å². The van der Waals surface area contributed by atoms with Crippen molar-refractivity contribution in [3.8, 4) is 33.8 Å². The van der Waals surface area contributed by atoms with Crippen molar-refractivity contribution in [1.82, 2.24) is 0 Å².